The fourth-order valence-electron chi connectivity index (χ4n) is 4.29. The van der Waals surface area contributed by atoms with Gasteiger partial charge in [0, 0.05) is 17.5 Å². The van der Waals surface area contributed by atoms with Gasteiger partial charge < -0.3 is 15.0 Å². The van der Waals surface area contributed by atoms with Crippen molar-refractivity contribution < 1.29 is 22.7 Å². The molecular weight excluding hydrogens is 558 g/mol. The van der Waals surface area contributed by atoms with E-state index in [-0.39, 0.29) is 29.1 Å². The zero-order valence-electron chi connectivity index (χ0n) is 24.5. The number of nitrogens with one attached hydrogen (secondary N) is 1. The Labute approximate surface area is 248 Å². The van der Waals surface area contributed by atoms with Crippen LogP contribution < -0.4 is 14.4 Å². The molecular formula is C31H39N3O5S2. The number of rotatable bonds is 13. The first kappa shape index (κ1) is 32.0. The Morgan fingerprint density at radius 1 is 0.951 bits per heavy atom. The third-order valence-corrected chi connectivity index (χ3v) is 9.08. The highest BCUT2D eigenvalue weighted by Gasteiger charge is 2.34. The van der Waals surface area contributed by atoms with Gasteiger partial charge in [-0.3, -0.25) is 13.9 Å². The van der Waals surface area contributed by atoms with Crippen LogP contribution in [0.25, 0.3) is 0 Å². The quantitative estimate of drug-likeness (QED) is 0.270. The molecule has 3 rings (SSSR count). The van der Waals surface area contributed by atoms with E-state index >= 15 is 0 Å². The van der Waals surface area contributed by atoms with Crippen LogP contribution in [0.3, 0.4) is 0 Å². The number of para-hydroxylation sites is 2. The van der Waals surface area contributed by atoms with Crippen LogP contribution in [0.5, 0.6) is 5.75 Å². The van der Waals surface area contributed by atoms with E-state index in [4.69, 9.17) is 4.74 Å². The molecule has 41 heavy (non-hydrogen) atoms. The molecule has 1 atom stereocenters. The first-order valence-corrected chi connectivity index (χ1v) is 16.2. The SMILES string of the molecule is CCOc1ccccc1N(CC(=O)N(Cc1ccccc1C)C(C)C(=O)NC(C)C)S(=O)(=O)c1ccc(SC)cc1. The smallest absolute Gasteiger partial charge is 0.264 e. The summed E-state index contributed by atoms with van der Waals surface area (Å²) in [5, 5.41) is 2.87. The number of benzene rings is 3. The average Bonchev–Trinajstić information content (AvgIpc) is 2.95. The Balaban J connectivity index is 2.10. The Hall–Kier alpha value is -3.50. The molecule has 220 valence electrons. The van der Waals surface area contributed by atoms with Gasteiger partial charge in [-0.25, -0.2) is 8.42 Å². The summed E-state index contributed by atoms with van der Waals surface area (Å²) in [5.41, 5.74) is 2.07. The molecule has 0 heterocycles. The number of thioether (sulfide) groups is 1. The minimum Gasteiger partial charge on any atom is -0.492 e. The lowest BCUT2D eigenvalue weighted by Gasteiger charge is -2.33. The molecule has 2 amide bonds. The molecule has 3 aromatic rings. The Morgan fingerprint density at radius 2 is 1.59 bits per heavy atom. The minimum absolute atomic E-state index is 0.0467. The fourth-order valence-corrected chi connectivity index (χ4v) is 6.12. The lowest BCUT2D eigenvalue weighted by Crippen LogP contribution is -2.52. The molecule has 10 heteroatoms. The van der Waals surface area contributed by atoms with Crippen molar-refractivity contribution in [3.8, 4) is 5.75 Å². The number of sulfonamides is 1. The number of anilines is 1. The zero-order chi connectivity index (χ0) is 30.2. The van der Waals surface area contributed by atoms with Gasteiger partial charge in [0.2, 0.25) is 11.8 Å². The van der Waals surface area contributed by atoms with Gasteiger partial charge in [-0.15, -0.1) is 11.8 Å². The molecule has 0 aliphatic rings. The van der Waals surface area contributed by atoms with Crippen LogP contribution in [-0.4, -0.2) is 56.6 Å². The number of aryl methyl sites for hydroxylation is 1. The number of ether oxygens (including phenoxy) is 1. The number of hydrogen-bond donors (Lipinski definition) is 1. The van der Waals surface area contributed by atoms with Crippen LogP contribution in [0, 0.1) is 6.92 Å². The number of carbonyl (C=O) groups excluding carboxylic acids is 2. The summed E-state index contributed by atoms with van der Waals surface area (Å²) in [6.07, 6.45) is 1.91. The predicted octanol–water partition coefficient (Wildman–Crippen LogP) is 5.25. The third-order valence-electron chi connectivity index (χ3n) is 6.56. The maximum absolute atomic E-state index is 14.1. The third kappa shape index (κ3) is 8.04. The second-order valence-electron chi connectivity index (χ2n) is 9.88. The first-order valence-electron chi connectivity index (χ1n) is 13.5. The van der Waals surface area contributed by atoms with Crippen LogP contribution in [0.15, 0.2) is 82.6 Å². The van der Waals surface area contributed by atoms with Gasteiger partial charge in [0.05, 0.1) is 17.2 Å². The van der Waals surface area contributed by atoms with Crippen molar-refractivity contribution in [1.82, 2.24) is 10.2 Å². The standard InChI is InChI=1S/C31H39N3O5S2/c1-7-39-29-15-11-10-14-28(29)34(41(37,38)27-18-16-26(40-6)17-19-27)21-30(35)33(24(5)31(36)32-22(2)3)20-25-13-9-8-12-23(25)4/h8-19,22,24H,7,20-21H2,1-6H3,(H,32,36). The second-order valence-corrected chi connectivity index (χ2v) is 12.6. The van der Waals surface area contributed by atoms with E-state index in [1.807, 2.05) is 51.3 Å². The molecule has 0 aromatic heterocycles. The van der Waals surface area contributed by atoms with E-state index in [9.17, 15) is 18.0 Å². The summed E-state index contributed by atoms with van der Waals surface area (Å²) in [6, 6.07) is 19.9. The van der Waals surface area contributed by atoms with E-state index in [0.717, 1.165) is 20.3 Å². The second kappa shape index (κ2) is 14.4. The first-order chi connectivity index (χ1) is 19.5. The normalized spacial score (nSPS) is 12.1. The Kier molecular flexibility index (Phi) is 11.3. The van der Waals surface area contributed by atoms with Crippen LogP contribution in [0.4, 0.5) is 5.69 Å². The lowest BCUT2D eigenvalue weighted by atomic mass is 10.1. The van der Waals surface area contributed by atoms with Gasteiger partial charge in [0.15, 0.2) is 0 Å². The zero-order valence-corrected chi connectivity index (χ0v) is 26.1. The van der Waals surface area contributed by atoms with Crippen LogP contribution in [-0.2, 0) is 26.2 Å². The minimum atomic E-state index is -4.20. The highest BCUT2D eigenvalue weighted by molar-refractivity contribution is 7.98. The molecule has 0 spiro atoms. The van der Waals surface area contributed by atoms with E-state index < -0.39 is 28.5 Å². The molecule has 0 saturated heterocycles. The average molecular weight is 598 g/mol. The maximum Gasteiger partial charge on any atom is 0.264 e. The number of hydrogen-bond acceptors (Lipinski definition) is 6. The van der Waals surface area contributed by atoms with Crippen molar-refractivity contribution in [2.45, 2.75) is 63.0 Å². The Bertz CT molecular complexity index is 1440. The van der Waals surface area contributed by atoms with Crippen LogP contribution in [0.2, 0.25) is 0 Å². The number of nitrogens with zero attached hydrogens (tertiary/aromatic N) is 2. The summed E-state index contributed by atoms with van der Waals surface area (Å²) in [4.78, 5) is 29.6. The van der Waals surface area contributed by atoms with Crippen molar-refractivity contribution in [1.29, 1.82) is 0 Å². The number of carbonyl (C=O) groups is 2. The summed E-state index contributed by atoms with van der Waals surface area (Å²) in [5.74, 6) is -0.503. The molecule has 8 nitrogen and oxygen atoms in total. The molecule has 0 fully saturated rings. The van der Waals surface area contributed by atoms with Gasteiger partial charge >= 0.3 is 0 Å². The van der Waals surface area contributed by atoms with E-state index in [1.165, 1.54) is 28.8 Å². The van der Waals surface area contributed by atoms with Gasteiger partial charge in [-0.1, -0.05) is 36.4 Å². The van der Waals surface area contributed by atoms with E-state index in [1.54, 1.807) is 50.2 Å². The van der Waals surface area contributed by atoms with Crippen LogP contribution in [0.1, 0.15) is 38.8 Å². The van der Waals surface area contributed by atoms with E-state index in [2.05, 4.69) is 5.32 Å². The summed E-state index contributed by atoms with van der Waals surface area (Å²) < 4.78 is 35.1. The van der Waals surface area contributed by atoms with Crippen molar-refractivity contribution in [2.24, 2.45) is 0 Å². The lowest BCUT2D eigenvalue weighted by molar-refractivity contribution is -0.139. The molecule has 0 aliphatic heterocycles. The molecule has 1 N–H and O–H groups in total. The van der Waals surface area contributed by atoms with Gasteiger partial charge in [-0.2, -0.15) is 0 Å². The molecule has 0 saturated carbocycles. The van der Waals surface area contributed by atoms with Crippen LogP contribution >= 0.6 is 11.8 Å². The van der Waals surface area contributed by atoms with Gasteiger partial charge in [-0.05, 0) is 88.4 Å². The molecule has 0 bridgehead atoms. The van der Waals surface area contributed by atoms with Gasteiger partial charge in [0.1, 0.15) is 18.3 Å². The monoisotopic (exact) mass is 597 g/mol. The van der Waals surface area contributed by atoms with Crippen molar-refractivity contribution in [3.05, 3.63) is 83.9 Å². The summed E-state index contributed by atoms with van der Waals surface area (Å²) in [7, 11) is -4.20. The predicted molar refractivity (Wildman–Crippen MR) is 165 cm³/mol. The summed E-state index contributed by atoms with van der Waals surface area (Å²) >= 11 is 1.50. The molecule has 3 aromatic carbocycles. The highest BCUT2D eigenvalue weighted by atomic mass is 32.2. The highest BCUT2D eigenvalue weighted by Crippen LogP contribution is 2.33. The van der Waals surface area contributed by atoms with Crippen molar-refractivity contribution in [2.75, 3.05) is 23.7 Å². The topological polar surface area (TPSA) is 96.0 Å². The largest absolute Gasteiger partial charge is 0.492 e. The fraction of sp³-hybridized carbons (Fsp3) is 0.355. The Morgan fingerprint density at radius 3 is 2.20 bits per heavy atom. The summed E-state index contributed by atoms with van der Waals surface area (Å²) in [6.45, 7) is 9.02. The van der Waals surface area contributed by atoms with Crippen molar-refractivity contribution >= 4 is 39.3 Å². The van der Waals surface area contributed by atoms with Crippen molar-refractivity contribution in [3.63, 3.8) is 0 Å². The molecule has 0 aliphatic carbocycles. The maximum atomic E-state index is 14.1. The van der Waals surface area contributed by atoms with E-state index in [0.29, 0.717) is 12.4 Å². The molecule has 0 radical (unpaired) electrons. The molecule has 1 unspecified atom stereocenters. The van der Waals surface area contributed by atoms with Gasteiger partial charge in [0.25, 0.3) is 10.0 Å². The number of amides is 2.